The van der Waals surface area contributed by atoms with Crippen LogP contribution in [0.1, 0.15) is 111 Å². The molecule has 1 fully saturated rings. The van der Waals surface area contributed by atoms with Crippen molar-refractivity contribution in [1.29, 1.82) is 0 Å². The van der Waals surface area contributed by atoms with Crippen LogP contribution in [0.2, 0.25) is 5.02 Å². The fourth-order valence-corrected chi connectivity index (χ4v) is 5.41. The van der Waals surface area contributed by atoms with E-state index >= 15 is 0 Å². The Hall–Kier alpha value is -2.89. The summed E-state index contributed by atoms with van der Waals surface area (Å²) in [4.78, 5) is 13.5. The molecule has 2 aliphatic rings. The van der Waals surface area contributed by atoms with Crippen molar-refractivity contribution < 1.29 is 4.79 Å². The SMILES string of the molecule is CC.CCC.Cc1ccc(/C=C2\CCCc3c(C(=O)NN4CCCCCC4)nn(-c4ccc(Cl)cc4C)c32)cc1. The zero-order valence-electron chi connectivity index (χ0n) is 25.3. The van der Waals surface area contributed by atoms with Crippen molar-refractivity contribution in [1.82, 2.24) is 20.2 Å². The zero-order valence-corrected chi connectivity index (χ0v) is 26.1. The molecule has 216 valence electrons. The summed E-state index contributed by atoms with van der Waals surface area (Å²) in [6.45, 7) is 14.2. The van der Waals surface area contributed by atoms with Gasteiger partial charge in [0.25, 0.3) is 5.91 Å². The van der Waals surface area contributed by atoms with Crippen molar-refractivity contribution in [3.63, 3.8) is 0 Å². The lowest BCUT2D eigenvalue weighted by Gasteiger charge is -2.21. The second-order valence-electron chi connectivity index (χ2n) is 10.5. The molecule has 2 heterocycles. The van der Waals surface area contributed by atoms with E-state index in [0.29, 0.717) is 10.7 Å². The molecule has 1 aromatic heterocycles. The number of hydrogen-bond donors (Lipinski definition) is 1. The molecule has 0 saturated carbocycles. The highest BCUT2D eigenvalue weighted by molar-refractivity contribution is 6.30. The van der Waals surface area contributed by atoms with Gasteiger partial charge in [-0.2, -0.15) is 5.10 Å². The normalized spacial score (nSPS) is 16.1. The molecule has 1 saturated heterocycles. The number of rotatable bonds is 4. The second-order valence-corrected chi connectivity index (χ2v) is 10.9. The van der Waals surface area contributed by atoms with E-state index in [0.717, 1.165) is 73.3 Å². The number of halogens is 1. The van der Waals surface area contributed by atoms with Crippen LogP contribution in [0.25, 0.3) is 17.3 Å². The molecule has 1 amide bonds. The maximum Gasteiger partial charge on any atom is 0.286 e. The molecule has 5 rings (SSSR count). The first kappa shape index (κ1) is 31.6. The van der Waals surface area contributed by atoms with Gasteiger partial charge in [-0.1, -0.05) is 88.4 Å². The number of hydrogen-bond acceptors (Lipinski definition) is 3. The monoisotopic (exact) mass is 562 g/mol. The van der Waals surface area contributed by atoms with E-state index in [9.17, 15) is 4.79 Å². The molecule has 40 heavy (non-hydrogen) atoms. The van der Waals surface area contributed by atoms with E-state index < -0.39 is 0 Å². The number of fused-ring (bicyclic) bond motifs is 1. The van der Waals surface area contributed by atoms with E-state index in [-0.39, 0.29) is 5.91 Å². The number of aromatic nitrogens is 2. The molecule has 0 bridgehead atoms. The Morgan fingerprint density at radius 1 is 0.950 bits per heavy atom. The van der Waals surface area contributed by atoms with E-state index in [1.165, 1.54) is 30.4 Å². The Morgan fingerprint density at radius 3 is 2.23 bits per heavy atom. The molecule has 2 aromatic carbocycles. The van der Waals surface area contributed by atoms with Crippen LogP contribution >= 0.6 is 11.6 Å². The molecule has 3 aromatic rings. The Kier molecular flexibility index (Phi) is 12.5. The van der Waals surface area contributed by atoms with Gasteiger partial charge in [0.1, 0.15) is 0 Å². The van der Waals surface area contributed by atoms with Crippen LogP contribution in [0.3, 0.4) is 0 Å². The minimum atomic E-state index is -0.106. The molecule has 0 spiro atoms. The Labute approximate surface area is 246 Å². The lowest BCUT2D eigenvalue weighted by molar-refractivity contribution is 0.0787. The summed E-state index contributed by atoms with van der Waals surface area (Å²) in [5.74, 6) is -0.106. The number of allylic oxidation sites excluding steroid dienone is 1. The molecular formula is C34H47ClN4O. The molecule has 6 heteroatoms. The quantitative estimate of drug-likeness (QED) is 0.345. The smallest absolute Gasteiger partial charge is 0.283 e. The lowest BCUT2D eigenvalue weighted by Crippen LogP contribution is -2.43. The zero-order chi connectivity index (χ0) is 29.1. The van der Waals surface area contributed by atoms with Crippen molar-refractivity contribution >= 4 is 29.2 Å². The van der Waals surface area contributed by atoms with Crippen LogP contribution < -0.4 is 5.43 Å². The largest absolute Gasteiger partial charge is 0.286 e. The van der Waals surface area contributed by atoms with Gasteiger partial charge in [-0.3, -0.25) is 10.2 Å². The van der Waals surface area contributed by atoms with Crippen LogP contribution in [0.15, 0.2) is 42.5 Å². The second kappa shape index (κ2) is 15.8. The van der Waals surface area contributed by atoms with Gasteiger partial charge in [-0.25, -0.2) is 9.69 Å². The molecule has 1 aliphatic heterocycles. The average Bonchev–Trinajstić information content (AvgIpc) is 3.15. The molecule has 0 atom stereocenters. The van der Waals surface area contributed by atoms with Gasteiger partial charge in [0, 0.05) is 23.7 Å². The predicted octanol–water partition coefficient (Wildman–Crippen LogP) is 8.98. The molecule has 0 radical (unpaired) electrons. The van der Waals surface area contributed by atoms with E-state index in [1.807, 2.05) is 43.7 Å². The van der Waals surface area contributed by atoms with Gasteiger partial charge in [-0.15, -0.1) is 0 Å². The van der Waals surface area contributed by atoms with Crippen LogP contribution in [0.5, 0.6) is 0 Å². The number of nitrogens with one attached hydrogen (secondary N) is 1. The third-order valence-corrected chi connectivity index (χ3v) is 7.28. The number of carbonyl (C=O) groups excluding carboxylic acids is 1. The first-order valence-corrected chi connectivity index (χ1v) is 15.5. The molecular weight excluding hydrogens is 516 g/mol. The van der Waals surface area contributed by atoms with Crippen LogP contribution in [-0.2, 0) is 6.42 Å². The number of benzene rings is 2. The van der Waals surface area contributed by atoms with Crippen molar-refractivity contribution in [2.24, 2.45) is 0 Å². The highest BCUT2D eigenvalue weighted by Crippen LogP contribution is 2.37. The van der Waals surface area contributed by atoms with Crippen molar-refractivity contribution in [3.05, 3.63) is 81.1 Å². The highest BCUT2D eigenvalue weighted by Gasteiger charge is 2.29. The summed E-state index contributed by atoms with van der Waals surface area (Å²) in [6.07, 6.45) is 11.0. The van der Waals surface area contributed by atoms with Crippen molar-refractivity contribution in [2.45, 2.75) is 92.9 Å². The van der Waals surface area contributed by atoms with E-state index in [1.54, 1.807) is 0 Å². The number of hydrazine groups is 1. The summed E-state index contributed by atoms with van der Waals surface area (Å²) in [6, 6.07) is 14.4. The maximum atomic E-state index is 13.5. The summed E-state index contributed by atoms with van der Waals surface area (Å²) >= 11 is 6.26. The summed E-state index contributed by atoms with van der Waals surface area (Å²) in [5, 5.41) is 7.71. The Balaban J connectivity index is 0.000000827. The standard InChI is InChI=1S/C29H33ClN4O.C3H8.C2H6/c1-20-10-12-22(13-11-20)19-23-8-7-9-25-27(29(35)32-33-16-5-3-4-6-17-33)31-34(28(23)25)26-15-14-24(30)18-21(26)2;1-3-2;1-2/h10-15,18-19H,3-9,16-17H2,1-2H3,(H,32,35);3H2,1-2H3;1-2H3/b23-19+;;. The average molecular weight is 563 g/mol. The Bertz CT molecular complexity index is 1270. The molecule has 0 unspecified atom stereocenters. The number of aryl methyl sites for hydroxylation is 2. The number of carbonyl (C=O) groups is 1. The maximum absolute atomic E-state index is 13.5. The van der Waals surface area contributed by atoms with Crippen molar-refractivity contribution in [3.8, 4) is 5.69 Å². The fourth-order valence-electron chi connectivity index (χ4n) is 5.19. The van der Waals surface area contributed by atoms with Crippen LogP contribution in [0.4, 0.5) is 0 Å². The minimum absolute atomic E-state index is 0.106. The topological polar surface area (TPSA) is 50.2 Å². The van der Waals surface area contributed by atoms with E-state index in [4.69, 9.17) is 16.7 Å². The van der Waals surface area contributed by atoms with E-state index in [2.05, 4.69) is 61.5 Å². The third-order valence-electron chi connectivity index (χ3n) is 7.05. The van der Waals surface area contributed by atoms with Crippen LogP contribution in [-0.4, -0.2) is 33.8 Å². The van der Waals surface area contributed by atoms with Crippen molar-refractivity contribution in [2.75, 3.05) is 13.1 Å². The Morgan fingerprint density at radius 2 is 1.60 bits per heavy atom. The summed E-state index contributed by atoms with van der Waals surface area (Å²) < 4.78 is 1.97. The van der Waals surface area contributed by atoms with Gasteiger partial charge in [-0.05, 0) is 86.9 Å². The van der Waals surface area contributed by atoms with Crippen LogP contribution in [0, 0.1) is 13.8 Å². The summed E-state index contributed by atoms with van der Waals surface area (Å²) in [5.41, 5.74) is 11.4. The van der Waals surface area contributed by atoms with Gasteiger partial charge in [0.15, 0.2) is 5.69 Å². The first-order valence-electron chi connectivity index (χ1n) is 15.1. The predicted molar refractivity (Wildman–Crippen MR) is 170 cm³/mol. The molecule has 5 nitrogen and oxygen atoms in total. The first-order chi connectivity index (χ1) is 19.4. The van der Waals surface area contributed by atoms with Gasteiger partial charge < -0.3 is 0 Å². The molecule has 1 aliphatic carbocycles. The van der Waals surface area contributed by atoms with Gasteiger partial charge in [0.2, 0.25) is 0 Å². The van der Waals surface area contributed by atoms with Gasteiger partial charge in [0.05, 0.1) is 11.4 Å². The highest BCUT2D eigenvalue weighted by atomic mass is 35.5. The van der Waals surface area contributed by atoms with Gasteiger partial charge >= 0.3 is 0 Å². The molecule has 1 N–H and O–H groups in total. The fraction of sp³-hybridized carbons (Fsp3) is 0.471. The number of amides is 1. The third kappa shape index (κ3) is 8.08. The number of nitrogens with zero attached hydrogens (tertiary/aromatic N) is 3. The minimum Gasteiger partial charge on any atom is -0.283 e. The summed E-state index contributed by atoms with van der Waals surface area (Å²) in [7, 11) is 0. The lowest BCUT2D eigenvalue weighted by atomic mass is 9.89.